The summed E-state index contributed by atoms with van der Waals surface area (Å²) in [6.45, 7) is 15.6. The third kappa shape index (κ3) is 7.88. The molecule has 0 saturated carbocycles. The van der Waals surface area contributed by atoms with Crippen LogP contribution in [0.15, 0.2) is 59.7 Å². The van der Waals surface area contributed by atoms with E-state index in [1.54, 1.807) is 11.8 Å². The van der Waals surface area contributed by atoms with Crippen molar-refractivity contribution < 1.29 is 18.3 Å². The van der Waals surface area contributed by atoms with Crippen LogP contribution in [0.4, 0.5) is 13.2 Å². The molecule has 3 nitrogen and oxygen atoms in total. The van der Waals surface area contributed by atoms with Crippen molar-refractivity contribution in [1.82, 2.24) is 0 Å². The second kappa shape index (κ2) is 12.5. The Labute approximate surface area is 193 Å². The molecule has 0 fully saturated rings. The van der Waals surface area contributed by atoms with E-state index in [-0.39, 0.29) is 12.2 Å². The summed E-state index contributed by atoms with van der Waals surface area (Å²) in [5.41, 5.74) is 10.4. The molecule has 0 spiro atoms. The van der Waals surface area contributed by atoms with Crippen molar-refractivity contribution in [3.63, 3.8) is 0 Å². The van der Waals surface area contributed by atoms with Gasteiger partial charge >= 0.3 is 6.18 Å². The number of aliphatic hydroxyl groups is 1. The number of halogens is 3. The van der Waals surface area contributed by atoms with Crippen molar-refractivity contribution in [3.8, 4) is 0 Å². The Kier molecular flexibility index (Phi) is 10.8. The molecule has 0 heterocycles. The SMILES string of the molecule is C=N/C(C)=C(\SCC)c1ccc(C(=C)N)c(C(C)C)c1.OCc1cccc(C(F)(F)F)c1. The maximum atomic E-state index is 12.0. The van der Waals surface area contributed by atoms with Gasteiger partial charge in [-0.2, -0.15) is 13.2 Å². The van der Waals surface area contributed by atoms with Gasteiger partial charge < -0.3 is 10.8 Å². The van der Waals surface area contributed by atoms with Crippen LogP contribution >= 0.6 is 11.8 Å². The highest BCUT2D eigenvalue weighted by atomic mass is 32.2. The molecule has 0 aliphatic carbocycles. The maximum absolute atomic E-state index is 12.0. The summed E-state index contributed by atoms with van der Waals surface area (Å²) in [6, 6.07) is 11.0. The maximum Gasteiger partial charge on any atom is 0.416 e. The van der Waals surface area contributed by atoms with Gasteiger partial charge in [-0.3, -0.25) is 4.99 Å². The molecular weight excluding hydrogens is 433 g/mol. The monoisotopic (exact) mass is 464 g/mol. The van der Waals surface area contributed by atoms with Crippen molar-refractivity contribution >= 4 is 29.1 Å². The van der Waals surface area contributed by atoms with Crippen molar-refractivity contribution in [3.05, 3.63) is 82.6 Å². The first-order valence-corrected chi connectivity index (χ1v) is 11.1. The second-order valence-corrected chi connectivity index (χ2v) is 8.62. The summed E-state index contributed by atoms with van der Waals surface area (Å²) < 4.78 is 36.1. The predicted octanol–water partition coefficient (Wildman–Crippen LogP) is 7.08. The number of aliphatic imine (C=N–C) groups is 1. The van der Waals surface area contributed by atoms with Gasteiger partial charge in [0.15, 0.2) is 0 Å². The number of hydrogen-bond acceptors (Lipinski definition) is 4. The van der Waals surface area contributed by atoms with E-state index in [4.69, 9.17) is 10.8 Å². The van der Waals surface area contributed by atoms with E-state index < -0.39 is 11.7 Å². The highest BCUT2D eigenvalue weighted by molar-refractivity contribution is 8.08. The quantitative estimate of drug-likeness (QED) is 0.431. The fourth-order valence-corrected chi connectivity index (χ4v) is 3.79. The van der Waals surface area contributed by atoms with Crippen LogP contribution in [0.1, 0.15) is 61.4 Å². The minimum Gasteiger partial charge on any atom is -0.399 e. The van der Waals surface area contributed by atoms with Crippen molar-refractivity contribution in [2.24, 2.45) is 10.7 Å². The Morgan fingerprint density at radius 1 is 1.19 bits per heavy atom. The zero-order valence-electron chi connectivity index (χ0n) is 19.0. The molecule has 0 atom stereocenters. The van der Waals surface area contributed by atoms with Gasteiger partial charge in [-0.25, -0.2) is 0 Å². The van der Waals surface area contributed by atoms with Gasteiger partial charge in [0.1, 0.15) is 0 Å². The summed E-state index contributed by atoms with van der Waals surface area (Å²) in [4.78, 5) is 5.26. The number of alkyl halides is 3. The molecular formula is C25H31F3N2OS. The lowest BCUT2D eigenvalue weighted by Gasteiger charge is -2.16. The van der Waals surface area contributed by atoms with Crippen molar-refractivity contribution in [2.45, 2.75) is 46.4 Å². The Hall–Kier alpha value is -2.51. The van der Waals surface area contributed by atoms with E-state index in [9.17, 15) is 13.2 Å². The van der Waals surface area contributed by atoms with E-state index >= 15 is 0 Å². The zero-order chi connectivity index (χ0) is 24.5. The number of nitrogens with zero attached hydrogens (tertiary/aromatic N) is 1. The normalized spacial score (nSPS) is 12.0. The molecule has 0 unspecified atom stereocenters. The van der Waals surface area contributed by atoms with E-state index in [1.807, 2.05) is 6.92 Å². The number of thioether (sulfide) groups is 1. The largest absolute Gasteiger partial charge is 0.416 e. The fraction of sp³-hybridized carbons (Fsp3) is 0.320. The van der Waals surface area contributed by atoms with Crippen LogP contribution in [-0.4, -0.2) is 17.6 Å². The topological polar surface area (TPSA) is 58.6 Å². The first kappa shape index (κ1) is 27.5. The van der Waals surface area contributed by atoms with Crippen LogP contribution < -0.4 is 5.73 Å². The summed E-state index contributed by atoms with van der Waals surface area (Å²) in [5.74, 6) is 1.40. The number of aliphatic hydroxyl groups excluding tert-OH is 1. The molecule has 0 saturated heterocycles. The molecule has 2 aromatic rings. The van der Waals surface area contributed by atoms with Gasteiger partial charge in [0.2, 0.25) is 0 Å². The molecule has 0 aromatic heterocycles. The summed E-state index contributed by atoms with van der Waals surface area (Å²) >= 11 is 1.79. The molecule has 32 heavy (non-hydrogen) atoms. The highest BCUT2D eigenvalue weighted by Crippen LogP contribution is 2.34. The molecule has 0 aliphatic heterocycles. The molecule has 0 amide bonds. The third-order valence-electron chi connectivity index (χ3n) is 4.57. The molecule has 174 valence electrons. The molecule has 0 radical (unpaired) electrons. The van der Waals surface area contributed by atoms with Crippen LogP contribution in [0.3, 0.4) is 0 Å². The smallest absolute Gasteiger partial charge is 0.399 e. The molecule has 2 rings (SSSR count). The first-order chi connectivity index (χ1) is 15.0. The van der Waals surface area contributed by atoms with E-state index in [0.29, 0.717) is 11.6 Å². The van der Waals surface area contributed by atoms with Crippen LogP contribution in [0.25, 0.3) is 10.6 Å². The molecule has 3 N–H and O–H groups in total. The Morgan fingerprint density at radius 2 is 1.84 bits per heavy atom. The summed E-state index contributed by atoms with van der Waals surface area (Å²) in [6.07, 6.45) is -4.33. The van der Waals surface area contributed by atoms with E-state index in [2.05, 4.69) is 57.3 Å². The van der Waals surface area contributed by atoms with Crippen LogP contribution in [0, 0.1) is 0 Å². The minimum absolute atomic E-state index is 0.268. The van der Waals surface area contributed by atoms with Crippen molar-refractivity contribution in [1.29, 1.82) is 0 Å². The standard InChI is InChI=1S/C17H24N2S.C8H7F3O/c1-7-20-17(13(5)19-6)14-8-9-15(12(4)18)16(10-14)11(2)3;9-8(10,11)7-3-1-2-6(4-7)5-12/h8-11H,4,6-7,18H2,1-3,5H3;1-4,12H,5H2/b17-13-;. The fourth-order valence-electron chi connectivity index (χ4n) is 2.93. The molecule has 2 aromatic carbocycles. The minimum atomic E-state index is -4.33. The average molecular weight is 465 g/mol. The third-order valence-corrected chi connectivity index (χ3v) is 5.68. The van der Waals surface area contributed by atoms with E-state index in [1.165, 1.54) is 28.2 Å². The number of benzene rings is 2. The number of nitrogens with two attached hydrogens (primary N) is 1. The number of hydrogen-bond donors (Lipinski definition) is 2. The van der Waals surface area contributed by atoms with Crippen LogP contribution in [0.2, 0.25) is 0 Å². The Morgan fingerprint density at radius 3 is 2.31 bits per heavy atom. The second-order valence-electron chi connectivity index (χ2n) is 7.34. The molecule has 0 aliphatic rings. The molecule has 0 bridgehead atoms. The number of allylic oxidation sites excluding steroid dienone is 1. The lowest BCUT2D eigenvalue weighted by Crippen LogP contribution is -2.05. The lowest BCUT2D eigenvalue weighted by atomic mass is 9.93. The van der Waals surface area contributed by atoms with Crippen molar-refractivity contribution in [2.75, 3.05) is 5.75 Å². The summed E-state index contributed by atoms with van der Waals surface area (Å²) in [5, 5.41) is 8.56. The van der Waals surface area contributed by atoms with Crippen LogP contribution in [0.5, 0.6) is 0 Å². The Balaban J connectivity index is 0.000000363. The van der Waals surface area contributed by atoms with Gasteiger partial charge in [0, 0.05) is 16.2 Å². The number of rotatable bonds is 7. The van der Waals surface area contributed by atoms with Gasteiger partial charge in [-0.05, 0) is 60.2 Å². The van der Waals surface area contributed by atoms with Gasteiger partial charge in [0.05, 0.1) is 17.9 Å². The zero-order valence-corrected chi connectivity index (χ0v) is 19.8. The van der Waals surface area contributed by atoms with E-state index in [0.717, 1.165) is 29.1 Å². The summed E-state index contributed by atoms with van der Waals surface area (Å²) in [7, 11) is 0. The van der Waals surface area contributed by atoms with Crippen LogP contribution in [-0.2, 0) is 12.8 Å². The van der Waals surface area contributed by atoms with Gasteiger partial charge in [-0.15, -0.1) is 11.8 Å². The average Bonchev–Trinajstić information content (AvgIpc) is 2.76. The lowest BCUT2D eigenvalue weighted by molar-refractivity contribution is -0.137. The predicted molar refractivity (Wildman–Crippen MR) is 131 cm³/mol. The highest BCUT2D eigenvalue weighted by Gasteiger charge is 2.30. The van der Waals surface area contributed by atoms with Gasteiger partial charge in [-0.1, -0.05) is 51.6 Å². The Bertz CT molecular complexity index is 966. The molecule has 7 heteroatoms. The first-order valence-electron chi connectivity index (χ1n) is 10.1. The van der Waals surface area contributed by atoms with Gasteiger partial charge in [0.25, 0.3) is 0 Å².